The number of imidazole rings is 2. The molecule has 4 aromatic rings. The van der Waals surface area contributed by atoms with Crippen LogP contribution >= 0.6 is 0 Å². The average Bonchev–Trinajstić information content (AvgIpc) is 1.63. The predicted octanol–water partition coefficient (Wildman–Crippen LogP) is 0.146. The molecule has 0 radical (unpaired) electrons. The van der Waals surface area contributed by atoms with E-state index in [9.17, 15) is 53.1 Å². The highest BCUT2D eigenvalue weighted by Crippen LogP contribution is 2.38. The van der Waals surface area contributed by atoms with E-state index in [2.05, 4.69) is 78.0 Å². The molecule has 14 N–H and O–H groups in total. The molecule has 0 bridgehead atoms. The van der Waals surface area contributed by atoms with Gasteiger partial charge in [-0.2, -0.15) is 4.57 Å². The van der Waals surface area contributed by atoms with Gasteiger partial charge in [0.1, 0.15) is 86.7 Å². The lowest BCUT2D eigenvalue weighted by atomic mass is 9.90. The van der Waals surface area contributed by atoms with Crippen LogP contribution in [0.2, 0.25) is 0 Å². The van der Waals surface area contributed by atoms with Crippen LogP contribution in [-0.4, -0.2) is 364 Å². The first-order valence-electron chi connectivity index (χ1n) is 44.8. The summed E-state index contributed by atoms with van der Waals surface area (Å²) in [7, 11) is 5.31. The van der Waals surface area contributed by atoms with Crippen LogP contribution < -0.4 is 63.7 Å². The number of aliphatic hydroxyl groups excluding tert-OH is 1. The van der Waals surface area contributed by atoms with Gasteiger partial charge in [-0.3, -0.25) is 33.3 Å². The lowest BCUT2D eigenvalue weighted by molar-refractivity contribution is -0.376. The van der Waals surface area contributed by atoms with Gasteiger partial charge in [0.15, 0.2) is 22.8 Å². The summed E-state index contributed by atoms with van der Waals surface area (Å²) < 4.78 is 87.3. The number of hydrogen-bond donors (Lipinski definition) is 10. The number of rotatable bonds is 73. The zero-order valence-corrected chi connectivity index (χ0v) is 78.2. The Labute approximate surface area is 790 Å². The largest absolute Gasteiger partial charge is 0.497 e. The summed E-state index contributed by atoms with van der Waals surface area (Å²) in [6.07, 6.45) is 37.0. The molecular formula is C90H142N17O28+. The van der Waals surface area contributed by atoms with Crippen molar-refractivity contribution in [1.82, 2.24) is 61.1 Å². The predicted molar refractivity (Wildman–Crippen MR) is 492 cm³/mol. The van der Waals surface area contributed by atoms with Gasteiger partial charge in [-0.05, 0) is 62.1 Å². The van der Waals surface area contributed by atoms with Crippen LogP contribution in [0, 0.1) is 55.7 Å². The molecule has 7 amide bonds. The third-order valence-electron chi connectivity index (χ3n) is 18.3. The fourth-order valence-electron chi connectivity index (χ4n) is 11.6. The number of ether oxygens (including phenoxy) is 16. The second-order valence-electron chi connectivity index (χ2n) is 29.0. The van der Waals surface area contributed by atoms with Crippen LogP contribution in [0.25, 0.3) is 11.2 Å². The van der Waals surface area contributed by atoms with Gasteiger partial charge in [-0.25, -0.2) is 39.1 Å². The van der Waals surface area contributed by atoms with E-state index in [1.807, 2.05) is 43.3 Å². The number of carbonyl (C=O) groups is 10. The number of nitrogens with two attached hydrogens (primary N) is 3. The molecule has 45 nitrogen and oxygen atoms in total. The van der Waals surface area contributed by atoms with Crippen LogP contribution in [0.1, 0.15) is 102 Å². The Morgan fingerprint density at radius 3 is 1.52 bits per heavy atom. The number of carbonyl (C=O) groups excluding carboxylic acids is 10. The number of nitrogens with zero attached hydrogens (tertiary/aromatic N) is 7. The molecule has 2 saturated heterocycles. The van der Waals surface area contributed by atoms with Crippen LogP contribution in [0.15, 0.2) is 55.6 Å². The number of hydrogen-bond acceptors (Lipinski definition) is 36. The zero-order chi connectivity index (χ0) is 98.6. The van der Waals surface area contributed by atoms with Crippen molar-refractivity contribution in [3.05, 3.63) is 61.2 Å². The number of ketones is 4. The van der Waals surface area contributed by atoms with Gasteiger partial charge >= 0.3 is 24.1 Å². The first-order valence-corrected chi connectivity index (χ1v) is 44.8. The molecule has 4 atom stereocenters. The highest BCUT2D eigenvalue weighted by atomic mass is 16.7. The summed E-state index contributed by atoms with van der Waals surface area (Å²) in [6, 6.07) is 5.32. The lowest BCUT2D eigenvalue weighted by Gasteiger charge is -2.21. The van der Waals surface area contributed by atoms with Crippen molar-refractivity contribution in [2.75, 3.05) is 263 Å². The van der Waals surface area contributed by atoms with Crippen LogP contribution in [0.5, 0.6) is 5.75 Å². The molecule has 0 unspecified atom stereocenters. The summed E-state index contributed by atoms with van der Waals surface area (Å²) in [5.41, 5.74) is 17.6. The van der Waals surface area contributed by atoms with E-state index in [4.69, 9.17) is 109 Å². The van der Waals surface area contributed by atoms with Gasteiger partial charge in [0.25, 0.3) is 18.1 Å². The SMILES string of the molecule is C#CCOCCC(=O)CNCCOCCOCCNC(=O)NCCOCCOCCNC(=O)N[C@@H](Cc1ccc(OC)cc1)C(=O)C[C@H]1C[C@H](n2cnc3c(N(C)C)ncnc32)O[C@@H]1CO.C#CCOCCC(=O)ON1C(=O)CCC1=O.C#COCCC(=O)CCCCOCCOCCN.C#COCCC(=O)CCCCOCCOCCNC(=O)n1cc[nH+]c1.NCCOCCOCCN. The fraction of sp³-hybridized carbons (Fsp3) is 0.644. The molecular weight excluding hydrogens is 1770 g/mol. The topological polar surface area (TPSA) is 567 Å². The minimum Gasteiger partial charge on any atom is -0.497 e. The summed E-state index contributed by atoms with van der Waals surface area (Å²) >= 11 is 0. The Hall–Kier alpha value is -11.0. The molecule has 6 rings (SSSR count). The number of aliphatic hydroxyl groups is 1. The minimum atomic E-state index is -0.868. The number of amides is 7. The maximum atomic E-state index is 13.9. The molecule has 754 valence electrons. The monoisotopic (exact) mass is 1910 g/mol. The van der Waals surface area contributed by atoms with Crippen LogP contribution in [-0.2, 0) is 116 Å². The maximum absolute atomic E-state index is 13.9. The Bertz CT molecular complexity index is 4010. The van der Waals surface area contributed by atoms with Crippen molar-refractivity contribution in [2.45, 2.75) is 115 Å². The van der Waals surface area contributed by atoms with E-state index in [1.165, 1.54) is 10.9 Å². The molecule has 45 heteroatoms. The number of aromatic amines is 1. The summed E-state index contributed by atoms with van der Waals surface area (Å²) in [5.74, 6) is 4.05. The Kier molecular flexibility index (Phi) is 73.3. The van der Waals surface area contributed by atoms with Crippen molar-refractivity contribution < 1.29 is 139 Å². The number of benzene rings is 1. The number of Topliss-reactive ketones (excluding diaryl/α,β-unsaturated/α-hetero) is 4. The summed E-state index contributed by atoms with van der Waals surface area (Å²) in [5, 5.41) is 27.5. The third-order valence-corrected chi connectivity index (χ3v) is 18.3. The molecule has 2 fully saturated rings. The highest BCUT2D eigenvalue weighted by Gasteiger charge is 2.40. The molecule has 0 saturated carbocycles. The first kappa shape index (κ1) is 120. The van der Waals surface area contributed by atoms with Gasteiger partial charge in [-0.1, -0.05) is 36.8 Å². The lowest BCUT2D eigenvalue weighted by Crippen LogP contribution is -2.48. The molecule has 1 aromatic carbocycles. The number of nitrogens with one attached hydrogen (secondary N) is 7. The van der Waals surface area contributed by atoms with Gasteiger partial charge in [-0.15, -0.1) is 17.9 Å². The van der Waals surface area contributed by atoms with Gasteiger partial charge in [0.2, 0.25) is 0 Å². The van der Waals surface area contributed by atoms with Crippen LogP contribution in [0.4, 0.5) is 20.2 Å². The molecule has 0 spiro atoms. The fourth-order valence-corrected chi connectivity index (χ4v) is 11.6. The standard InChI is InChI=1S/C44H66N10O12.C17H25N3O5.C13H23NO4.C10H11NO5.C6H16N2O2/c1-5-15-61-16-10-34(56)28-45-11-17-62-21-22-63-18-12-46-43(58)47-13-19-64-23-24-65-20-14-48-44(59)52-36(25-32-6-8-35(60-4)9-7-32)37(57)26-33-27-39(66-38(33)29-55)54-31-51-40-41(53(2)3)49-30-50-42(40)54;1-2-23-11-6-16(21)5-3-4-10-24-13-14-25-12-8-19-17(22)20-9-7-18-15-20;1-2-16-9-6-13(15)5-3-4-8-17-11-12-18-10-7-14;1-2-6-15-7-5-10(14)16-11-8(12)3-4-9(11)13;7-1-3-9-5-6-10-4-2-8/h1,6-9,30-31,33,36,38-39,45,55H,10-29H2,2-4H3,(H2,46,47,58)(H2,48,52,59);1,7,9,15H,3-6,8,10-14H2,(H,19,22);1H,3-12,14H2;1H,3-7H2;1-8H2/p+1/t33-,36-,38+,39+;;;;/m0..../s1. The van der Waals surface area contributed by atoms with Crippen molar-refractivity contribution in [1.29, 1.82) is 0 Å². The number of methoxy groups -OCH3 is 1. The first-order chi connectivity index (χ1) is 65.7. The Balaban J connectivity index is 0.000000716. The number of imide groups is 1. The van der Waals surface area contributed by atoms with E-state index < -0.39 is 42.2 Å². The number of urea groups is 2. The number of anilines is 1. The van der Waals surface area contributed by atoms with E-state index in [1.54, 1.807) is 48.9 Å². The van der Waals surface area contributed by atoms with Crippen molar-refractivity contribution in [3.8, 4) is 55.5 Å². The van der Waals surface area contributed by atoms with Crippen molar-refractivity contribution in [2.24, 2.45) is 23.1 Å². The van der Waals surface area contributed by atoms with E-state index in [0.29, 0.717) is 231 Å². The normalized spacial score (nSPS) is 13.6. The number of terminal acetylenes is 4. The number of aromatic nitrogens is 6. The molecule has 135 heavy (non-hydrogen) atoms. The summed E-state index contributed by atoms with van der Waals surface area (Å²) in [6.45, 7) is 14.0. The van der Waals surface area contributed by atoms with Gasteiger partial charge < -0.3 is 140 Å². The number of hydroxylamine groups is 2. The number of unbranched alkanes of at least 4 members (excludes halogenated alkanes) is 2. The molecule has 0 aliphatic carbocycles. The third kappa shape index (κ3) is 61.6. The number of H-pyrrole nitrogens is 1. The Morgan fingerprint density at radius 2 is 1.04 bits per heavy atom. The second-order valence-corrected chi connectivity index (χ2v) is 29.0. The average molecular weight is 1910 g/mol. The molecule has 3 aromatic heterocycles. The zero-order valence-electron chi connectivity index (χ0n) is 78.2. The number of fused-ring (bicyclic) bond motifs is 1. The molecule has 2 aliphatic heterocycles. The van der Waals surface area contributed by atoms with Crippen molar-refractivity contribution in [3.63, 3.8) is 0 Å². The second kappa shape index (κ2) is 82.5. The van der Waals surface area contributed by atoms with E-state index >= 15 is 0 Å². The molecule has 5 heterocycles. The van der Waals surface area contributed by atoms with Gasteiger partial charge in [0.05, 0.1) is 177 Å². The molecule has 2 aliphatic rings. The summed E-state index contributed by atoms with van der Waals surface area (Å²) in [4.78, 5) is 141. The smallest absolute Gasteiger partial charge is 0.413 e. The minimum absolute atomic E-state index is 0.0408. The van der Waals surface area contributed by atoms with Crippen LogP contribution in [0.3, 0.4) is 0 Å². The van der Waals surface area contributed by atoms with Gasteiger partial charge in [0, 0.05) is 131 Å². The maximum Gasteiger partial charge on any atom is 0.413 e. The van der Waals surface area contributed by atoms with E-state index in [-0.39, 0.29) is 146 Å². The highest BCUT2D eigenvalue weighted by molar-refractivity contribution is 6.01. The van der Waals surface area contributed by atoms with E-state index in [0.717, 1.165) is 31.2 Å². The quantitative estimate of drug-likeness (QED) is 0.0160. The van der Waals surface area contributed by atoms with Crippen molar-refractivity contribution >= 4 is 76.0 Å². The Morgan fingerprint density at radius 1 is 0.563 bits per heavy atom.